The molecule has 2 aliphatic rings. The molecule has 2 N–H and O–H groups in total. The Balaban J connectivity index is 1.77. The molecule has 0 radical (unpaired) electrons. The number of carbonyl (C=O) groups is 2. The summed E-state index contributed by atoms with van der Waals surface area (Å²) in [5, 5.41) is 11.8. The highest BCUT2D eigenvalue weighted by Gasteiger charge is 2.35. The second-order valence-corrected chi connectivity index (χ2v) is 5.66. The zero-order chi connectivity index (χ0) is 13.2. The molecule has 1 saturated carbocycles. The van der Waals surface area contributed by atoms with Gasteiger partial charge in [0.2, 0.25) is 5.91 Å². The van der Waals surface area contributed by atoms with E-state index >= 15 is 0 Å². The van der Waals surface area contributed by atoms with E-state index in [9.17, 15) is 9.59 Å². The smallest absolute Gasteiger partial charge is 0.306 e. The highest BCUT2D eigenvalue weighted by atomic mass is 16.5. The number of hydrogen-bond acceptors (Lipinski definition) is 3. The first kappa shape index (κ1) is 13.3. The van der Waals surface area contributed by atoms with E-state index in [1.54, 1.807) is 0 Å². The molecule has 1 saturated heterocycles. The van der Waals surface area contributed by atoms with Crippen LogP contribution in [0.4, 0.5) is 0 Å². The SMILES string of the molecule is CC1(CNC(=O)[C@@H]2CC[C@H](C(=O)O)C2)CCCO1. The fourth-order valence-corrected chi connectivity index (χ4v) is 2.84. The van der Waals surface area contributed by atoms with Crippen LogP contribution in [0.2, 0.25) is 0 Å². The molecule has 102 valence electrons. The molecule has 18 heavy (non-hydrogen) atoms. The molecule has 1 heterocycles. The second-order valence-electron chi connectivity index (χ2n) is 5.66. The second kappa shape index (κ2) is 5.26. The van der Waals surface area contributed by atoms with Crippen molar-refractivity contribution < 1.29 is 19.4 Å². The van der Waals surface area contributed by atoms with Crippen LogP contribution in [-0.4, -0.2) is 35.7 Å². The lowest BCUT2D eigenvalue weighted by Gasteiger charge is -2.24. The van der Waals surface area contributed by atoms with Crippen LogP contribution in [0.1, 0.15) is 39.0 Å². The Morgan fingerprint density at radius 1 is 1.39 bits per heavy atom. The van der Waals surface area contributed by atoms with Crippen molar-refractivity contribution in [2.75, 3.05) is 13.2 Å². The lowest BCUT2D eigenvalue weighted by molar-refractivity contribution is -0.141. The number of amides is 1. The molecule has 5 heteroatoms. The number of nitrogens with one attached hydrogen (secondary N) is 1. The average molecular weight is 255 g/mol. The molecule has 1 unspecified atom stereocenters. The van der Waals surface area contributed by atoms with Crippen molar-refractivity contribution in [2.45, 2.75) is 44.6 Å². The Morgan fingerprint density at radius 3 is 2.67 bits per heavy atom. The Hall–Kier alpha value is -1.10. The van der Waals surface area contributed by atoms with Crippen LogP contribution < -0.4 is 5.32 Å². The summed E-state index contributed by atoms with van der Waals surface area (Å²) in [5.74, 6) is -1.29. The van der Waals surface area contributed by atoms with Gasteiger partial charge in [0.05, 0.1) is 11.5 Å². The van der Waals surface area contributed by atoms with E-state index in [-0.39, 0.29) is 23.3 Å². The molecule has 0 aromatic rings. The molecule has 1 amide bonds. The zero-order valence-electron chi connectivity index (χ0n) is 10.8. The third-order valence-electron chi connectivity index (χ3n) is 4.09. The van der Waals surface area contributed by atoms with Gasteiger partial charge in [-0.15, -0.1) is 0 Å². The first-order valence-electron chi connectivity index (χ1n) is 6.65. The van der Waals surface area contributed by atoms with Crippen molar-refractivity contribution in [2.24, 2.45) is 11.8 Å². The van der Waals surface area contributed by atoms with E-state index in [1.165, 1.54) is 0 Å². The first-order chi connectivity index (χ1) is 8.50. The predicted molar refractivity (Wildman–Crippen MR) is 65.1 cm³/mol. The standard InChI is InChI=1S/C13H21NO4/c1-13(5-2-6-18-13)8-14-11(15)9-3-4-10(7-9)12(16)17/h9-10H,2-8H2,1H3,(H,14,15)(H,16,17)/t9-,10+,13?/m1/s1. The van der Waals surface area contributed by atoms with Gasteiger partial charge >= 0.3 is 5.97 Å². The lowest BCUT2D eigenvalue weighted by atomic mass is 10.0. The molecule has 1 aliphatic carbocycles. The van der Waals surface area contributed by atoms with Crippen molar-refractivity contribution in [3.63, 3.8) is 0 Å². The monoisotopic (exact) mass is 255 g/mol. The Labute approximate surface area is 107 Å². The predicted octanol–water partition coefficient (Wildman–Crippen LogP) is 1.17. The zero-order valence-corrected chi connectivity index (χ0v) is 10.8. The number of rotatable bonds is 4. The average Bonchev–Trinajstić information content (AvgIpc) is 2.95. The van der Waals surface area contributed by atoms with Crippen molar-refractivity contribution in [1.29, 1.82) is 0 Å². The van der Waals surface area contributed by atoms with Crippen LogP contribution in [0.3, 0.4) is 0 Å². The Kier molecular flexibility index (Phi) is 3.90. The maximum absolute atomic E-state index is 12.0. The first-order valence-corrected chi connectivity index (χ1v) is 6.65. The van der Waals surface area contributed by atoms with Crippen molar-refractivity contribution in [1.82, 2.24) is 5.32 Å². The largest absolute Gasteiger partial charge is 0.481 e. The van der Waals surface area contributed by atoms with Gasteiger partial charge in [-0.05, 0) is 39.0 Å². The Bertz CT molecular complexity index is 336. The van der Waals surface area contributed by atoms with Crippen LogP contribution in [0.25, 0.3) is 0 Å². The van der Waals surface area contributed by atoms with E-state index in [1.807, 2.05) is 6.92 Å². The van der Waals surface area contributed by atoms with Crippen LogP contribution in [-0.2, 0) is 14.3 Å². The van der Waals surface area contributed by atoms with E-state index in [4.69, 9.17) is 9.84 Å². The van der Waals surface area contributed by atoms with Gasteiger partial charge in [0.1, 0.15) is 0 Å². The summed E-state index contributed by atoms with van der Waals surface area (Å²) in [6.45, 7) is 3.30. The summed E-state index contributed by atoms with van der Waals surface area (Å²) >= 11 is 0. The van der Waals surface area contributed by atoms with Crippen LogP contribution in [0.5, 0.6) is 0 Å². The van der Waals surface area contributed by atoms with E-state index in [0.717, 1.165) is 19.4 Å². The molecule has 2 rings (SSSR count). The number of carboxylic acid groups (broad SMARTS) is 1. The third kappa shape index (κ3) is 3.02. The van der Waals surface area contributed by atoms with Crippen LogP contribution in [0.15, 0.2) is 0 Å². The number of hydrogen-bond donors (Lipinski definition) is 2. The van der Waals surface area contributed by atoms with Gasteiger partial charge in [0, 0.05) is 19.1 Å². The minimum atomic E-state index is -0.781. The number of aliphatic carboxylic acids is 1. The summed E-state index contributed by atoms with van der Waals surface area (Å²) < 4.78 is 5.60. The summed E-state index contributed by atoms with van der Waals surface area (Å²) in [6, 6.07) is 0. The quantitative estimate of drug-likeness (QED) is 0.790. The molecule has 0 spiro atoms. The normalized spacial score (nSPS) is 35.6. The maximum atomic E-state index is 12.0. The molecule has 0 aromatic carbocycles. The highest BCUT2D eigenvalue weighted by molar-refractivity contribution is 5.80. The van der Waals surface area contributed by atoms with Gasteiger partial charge in [-0.25, -0.2) is 0 Å². The minimum absolute atomic E-state index is 0.0181. The van der Waals surface area contributed by atoms with E-state index < -0.39 is 5.97 Å². The molecule has 0 bridgehead atoms. The van der Waals surface area contributed by atoms with Gasteiger partial charge in [-0.3, -0.25) is 9.59 Å². The van der Waals surface area contributed by atoms with E-state index in [2.05, 4.69) is 5.32 Å². The topological polar surface area (TPSA) is 75.6 Å². The molecule has 0 aromatic heterocycles. The highest BCUT2D eigenvalue weighted by Crippen LogP contribution is 2.31. The number of ether oxygens (including phenoxy) is 1. The number of carbonyl (C=O) groups excluding carboxylic acids is 1. The van der Waals surface area contributed by atoms with Gasteiger partial charge in [0.25, 0.3) is 0 Å². The summed E-state index contributed by atoms with van der Waals surface area (Å²) in [7, 11) is 0. The minimum Gasteiger partial charge on any atom is -0.481 e. The molecular formula is C13H21NO4. The van der Waals surface area contributed by atoms with Crippen molar-refractivity contribution in [3.8, 4) is 0 Å². The van der Waals surface area contributed by atoms with E-state index in [0.29, 0.717) is 25.8 Å². The van der Waals surface area contributed by atoms with Gasteiger partial charge in [-0.1, -0.05) is 0 Å². The van der Waals surface area contributed by atoms with Crippen molar-refractivity contribution >= 4 is 11.9 Å². The summed E-state index contributed by atoms with van der Waals surface area (Å²) in [6.07, 6.45) is 3.77. The van der Waals surface area contributed by atoms with Gasteiger partial charge < -0.3 is 15.2 Å². The van der Waals surface area contributed by atoms with Crippen LogP contribution >= 0.6 is 0 Å². The number of carboxylic acids is 1. The molecule has 1 aliphatic heterocycles. The van der Waals surface area contributed by atoms with Gasteiger partial charge in [0.15, 0.2) is 0 Å². The molecular weight excluding hydrogens is 234 g/mol. The maximum Gasteiger partial charge on any atom is 0.306 e. The van der Waals surface area contributed by atoms with Gasteiger partial charge in [-0.2, -0.15) is 0 Å². The fraction of sp³-hybridized carbons (Fsp3) is 0.846. The van der Waals surface area contributed by atoms with Crippen LogP contribution in [0, 0.1) is 11.8 Å². The molecule has 3 atom stereocenters. The molecule has 2 fully saturated rings. The summed E-state index contributed by atoms with van der Waals surface area (Å²) in [5.41, 5.74) is -0.236. The Morgan fingerprint density at radius 2 is 2.11 bits per heavy atom. The summed E-state index contributed by atoms with van der Waals surface area (Å²) in [4.78, 5) is 22.8. The molecule has 5 nitrogen and oxygen atoms in total. The third-order valence-corrected chi connectivity index (χ3v) is 4.09. The van der Waals surface area contributed by atoms with Crippen molar-refractivity contribution in [3.05, 3.63) is 0 Å². The fourth-order valence-electron chi connectivity index (χ4n) is 2.84. The lowest BCUT2D eigenvalue weighted by Crippen LogP contribution is -2.42.